The number of ether oxygens (including phenoxy) is 2. The maximum absolute atomic E-state index is 12.6. The standard InChI is InChI=1S/C36H35N7O13/c1-24(44)37(16-18-38(25(2)45)22-27-4-10-31(11-5-27)55-35-14-8-29(40(47)48)20-33(35)42(51)52)17-19-39(26(3)46)23-28-6-12-32(13-7-28)56-36-15-9-30(41(49)50)21-34(36)43(53)54/h4-15,20-21H,16-19,22-23H2,1-3H3. The maximum atomic E-state index is 12.6. The molecule has 20 heteroatoms. The van der Waals surface area contributed by atoms with Gasteiger partial charge in [0.2, 0.25) is 29.2 Å². The molecule has 3 amide bonds. The van der Waals surface area contributed by atoms with Gasteiger partial charge in [-0.05, 0) is 47.5 Å². The van der Waals surface area contributed by atoms with E-state index in [4.69, 9.17) is 9.47 Å². The molecule has 0 N–H and O–H groups in total. The molecular weight excluding hydrogens is 738 g/mol. The molecule has 0 atom stereocenters. The van der Waals surface area contributed by atoms with Crippen molar-refractivity contribution in [3.63, 3.8) is 0 Å². The predicted octanol–water partition coefficient (Wildman–Crippen LogP) is 6.15. The Morgan fingerprint density at radius 2 is 0.804 bits per heavy atom. The van der Waals surface area contributed by atoms with E-state index in [9.17, 15) is 54.8 Å². The topological polar surface area (TPSA) is 252 Å². The fraction of sp³-hybridized carbons (Fsp3) is 0.250. The third kappa shape index (κ3) is 11.2. The van der Waals surface area contributed by atoms with Gasteiger partial charge in [0.25, 0.3) is 11.4 Å². The number of amides is 3. The molecule has 0 aliphatic heterocycles. The van der Waals surface area contributed by atoms with Gasteiger partial charge in [0.05, 0.1) is 31.8 Å². The largest absolute Gasteiger partial charge is 0.450 e. The molecule has 4 aromatic carbocycles. The predicted molar refractivity (Wildman–Crippen MR) is 197 cm³/mol. The molecule has 4 rings (SSSR count). The summed E-state index contributed by atoms with van der Waals surface area (Å²) in [5, 5.41) is 44.9. The van der Waals surface area contributed by atoms with Gasteiger partial charge < -0.3 is 24.2 Å². The highest BCUT2D eigenvalue weighted by Gasteiger charge is 2.23. The normalized spacial score (nSPS) is 10.6. The van der Waals surface area contributed by atoms with E-state index >= 15 is 0 Å². The smallest absolute Gasteiger partial charge is 0.318 e. The van der Waals surface area contributed by atoms with Gasteiger partial charge in [-0.25, -0.2) is 0 Å². The van der Waals surface area contributed by atoms with Gasteiger partial charge in [0, 0.05) is 72.2 Å². The van der Waals surface area contributed by atoms with Crippen molar-refractivity contribution in [2.75, 3.05) is 26.2 Å². The average Bonchev–Trinajstić information content (AvgIpc) is 3.14. The van der Waals surface area contributed by atoms with Crippen LogP contribution in [0, 0.1) is 40.5 Å². The summed E-state index contributed by atoms with van der Waals surface area (Å²) in [4.78, 5) is 84.1. The molecule has 292 valence electrons. The van der Waals surface area contributed by atoms with Gasteiger partial charge in [-0.15, -0.1) is 0 Å². The SMILES string of the molecule is CC(=O)N(CCN(Cc1ccc(Oc2ccc([N+](=O)[O-])cc2[N+](=O)[O-])cc1)C(C)=O)CCN(Cc1ccc(Oc2ccc([N+](=O)[O-])cc2[N+](=O)[O-])cc1)C(C)=O. The molecule has 4 aromatic rings. The summed E-state index contributed by atoms with van der Waals surface area (Å²) >= 11 is 0. The van der Waals surface area contributed by atoms with Crippen LogP contribution in [0.15, 0.2) is 84.9 Å². The second kappa shape index (κ2) is 18.5. The lowest BCUT2D eigenvalue weighted by atomic mass is 10.2. The van der Waals surface area contributed by atoms with Crippen LogP contribution in [-0.2, 0) is 27.5 Å². The number of carbonyl (C=O) groups is 3. The third-order valence-corrected chi connectivity index (χ3v) is 8.36. The number of carbonyl (C=O) groups excluding carboxylic acids is 3. The second-order valence-electron chi connectivity index (χ2n) is 12.2. The number of rotatable bonds is 18. The van der Waals surface area contributed by atoms with Crippen molar-refractivity contribution >= 4 is 40.5 Å². The van der Waals surface area contributed by atoms with Crippen LogP contribution in [0.3, 0.4) is 0 Å². The maximum Gasteiger partial charge on any atom is 0.318 e. The zero-order valence-corrected chi connectivity index (χ0v) is 30.3. The van der Waals surface area contributed by atoms with Gasteiger partial charge in [0.1, 0.15) is 11.5 Å². The molecule has 0 heterocycles. The molecule has 0 aliphatic carbocycles. The van der Waals surface area contributed by atoms with E-state index in [0.29, 0.717) is 11.1 Å². The minimum atomic E-state index is -0.785. The highest BCUT2D eigenvalue weighted by molar-refractivity contribution is 5.75. The quantitative estimate of drug-likeness (QED) is 0.0813. The molecule has 0 aromatic heterocycles. The first-order chi connectivity index (χ1) is 26.5. The fourth-order valence-electron chi connectivity index (χ4n) is 5.32. The Morgan fingerprint density at radius 3 is 1.09 bits per heavy atom. The molecule has 0 saturated heterocycles. The summed E-state index contributed by atoms with van der Waals surface area (Å²) in [6, 6.07) is 18.8. The van der Waals surface area contributed by atoms with E-state index in [1.165, 1.54) is 59.7 Å². The average molecular weight is 774 g/mol. The van der Waals surface area contributed by atoms with Crippen molar-refractivity contribution in [1.29, 1.82) is 0 Å². The van der Waals surface area contributed by atoms with Crippen LogP contribution in [0.2, 0.25) is 0 Å². The van der Waals surface area contributed by atoms with Gasteiger partial charge in [-0.1, -0.05) is 24.3 Å². The van der Waals surface area contributed by atoms with Crippen molar-refractivity contribution < 1.29 is 43.6 Å². The molecule has 0 radical (unpaired) electrons. The first-order valence-electron chi connectivity index (χ1n) is 16.7. The zero-order valence-electron chi connectivity index (χ0n) is 30.3. The number of hydrogen-bond donors (Lipinski definition) is 0. The minimum Gasteiger partial charge on any atom is -0.450 e. The van der Waals surface area contributed by atoms with Crippen LogP contribution < -0.4 is 9.47 Å². The van der Waals surface area contributed by atoms with E-state index in [-0.39, 0.29) is 80.0 Å². The summed E-state index contributed by atoms with van der Waals surface area (Å²) in [6.07, 6.45) is 0. The van der Waals surface area contributed by atoms with E-state index in [1.54, 1.807) is 24.3 Å². The van der Waals surface area contributed by atoms with Gasteiger partial charge >= 0.3 is 11.4 Å². The van der Waals surface area contributed by atoms with Crippen molar-refractivity contribution in [2.24, 2.45) is 0 Å². The lowest BCUT2D eigenvalue weighted by Crippen LogP contribution is -2.43. The summed E-state index contributed by atoms with van der Waals surface area (Å²) in [5.74, 6) is -0.754. The highest BCUT2D eigenvalue weighted by Crippen LogP contribution is 2.36. The van der Waals surface area contributed by atoms with Crippen LogP contribution in [0.4, 0.5) is 22.7 Å². The number of non-ortho nitro benzene ring substituents is 2. The van der Waals surface area contributed by atoms with Gasteiger partial charge in [-0.2, -0.15) is 0 Å². The Bertz CT molecular complexity index is 2000. The van der Waals surface area contributed by atoms with Crippen molar-refractivity contribution in [3.05, 3.63) is 137 Å². The zero-order chi connectivity index (χ0) is 41.1. The number of benzene rings is 4. The van der Waals surface area contributed by atoms with Crippen molar-refractivity contribution in [3.8, 4) is 23.0 Å². The third-order valence-electron chi connectivity index (χ3n) is 8.36. The number of nitro benzene ring substituents is 4. The minimum absolute atomic E-state index is 0.159. The Kier molecular flexibility index (Phi) is 13.6. The van der Waals surface area contributed by atoms with Crippen LogP contribution in [0.5, 0.6) is 23.0 Å². The summed E-state index contributed by atoms with van der Waals surface area (Å²) in [6.45, 7) is 5.10. The molecular formula is C36H35N7O13. The van der Waals surface area contributed by atoms with Crippen molar-refractivity contribution in [1.82, 2.24) is 14.7 Å². The first-order valence-corrected chi connectivity index (χ1v) is 16.7. The number of nitro groups is 4. The number of hydrogen-bond acceptors (Lipinski definition) is 13. The van der Waals surface area contributed by atoms with Crippen molar-refractivity contribution in [2.45, 2.75) is 33.9 Å². The van der Waals surface area contributed by atoms with E-state index in [1.807, 2.05) is 0 Å². The Labute approximate surface area is 318 Å². The molecule has 0 aliphatic rings. The van der Waals surface area contributed by atoms with Crippen LogP contribution in [0.25, 0.3) is 0 Å². The molecule has 20 nitrogen and oxygen atoms in total. The highest BCUT2D eigenvalue weighted by atomic mass is 16.6. The molecule has 0 bridgehead atoms. The second-order valence-corrected chi connectivity index (χ2v) is 12.2. The molecule has 0 spiro atoms. The van der Waals surface area contributed by atoms with Gasteiger partial charge in [-0.3, -0.25) is 54.8 Å². The summed E-state index contributed by atoms with van der Waals surface area (Å²) in [7, 11) is 0. The van der Waals surface area contributed by atoms with Crippen LogP contribution in [0.1, 0.15) is 31.9 Å². The molecule has 56 heavy (non-hydrogen) atoms. The number of nitrogens with zero attached hydrogens (tertiary/aromatic N) is 7. The lowest BCUT2D eigenvalue weighted by Gasteiger charge is -2.29. The first kappa shape index (κ1) is 41.2. The Morgan fingerprint density at radius 1 is 0.482 bits per heavy atom. The summed E-state index contributed by atoms with van der Waals surface area (Å²) < 4.78 is 11.2. The Hall–Kier alpha value is -7.51. The van der Waals surface area contributed by atoms with E-state index in [0.717, 1.165) is 36.4 Å². The Balaban J connectivity index is 1.34. The monoisotopic (exact) mass is 773 g/mol. The lowest BCUT2D eigenvalue weighted by molar-refractivity contribution is -0.394. The molecule has 0 saturated carbocycles. The molecule has 0 unspecified atom stereocenters. The van der Waals surface area contributed by atoms with Gasteiger partial charge in [0.15, 0.2) is 0 Å². The van der Waals surface area contributed by atoms with Crippen LogP contribution in [-0.4, -0.2) is 78.3 Å². The van der Waals surface area contributed by atoms with Crippen LogP contribution >= 0.6 is 0 Å². The van der Waals surface area contributed by atoms with E-state index in [2.05, 4.69) is 0 Å². The summed E-state index contributed by atoms with van der Waals surface area (Å²) in [5.41, 5.74) is -0.700. The van der Waals surface area contributed by atoms with E-state index < -0.39 is 42.4 Å². The molecule has 0 fully saturated rings. The fourth-order valence-corrected chi connectivity index (χ4v) is 5.32.